The van der Waals surface area contributed by atoms with Gasteiger partial charge in [-0.15, -0.1) is 11.3 Å². The van der Waals surface area contributed by atoms with Crippen molar-refractivity contribution < 1.29 is 22.4 Å². The highest BCUT2D eigenvalue weighted by Gasteiger charge is 2.29. The van der Waals surface area contributed by atoms with Crippen LogP contribution in [0.15, 0.2) is 64.9 Å². The standard InChI is InChI=1S/C27H32FN3O4S2/c1-19(2)15-31(37(34,35)25-11-9-24(10-12-25)29-21(4)32)18-27(33)30(17-26-20(3)13-14-36-26)16-22-5-7-23(28)8-6-22/h5-14,19H,15-18H2,1-4H3,(H,29,32). The summed E-state index contributed by atoms with van der Waals surface area (Å²) in [6.07, 6.45) is 0. The number of hydrogen-bond acceptors (Lipinski definition) is 5. The molecule has 0 aliphatic carbocycles. The molecule has 2 aromatic carbocycles. The van der Waals surface area contributed by atoms with E-state index in [9.17, 15) is 22.4 Å². The highest BCUT2D eigenvalue weighted by Crippen LogP contribution is 2.23. The summed E-state index contributed by atoms with van der Waals surface area (Å²) < 4.78 is 41.8. The van der Waals surface area contributed by atoms with Gasteiger partial charge in [-0.1, -0.05) is 26.0 Å². The number of thiophene rings is 1. The summed E-state index contributed by atoms with van der Waals surface area (Å²) in [4.78, 5) is 27.5. The molecule has 1 N–H and O–H groups in total. The van der Waals surface area contributed by atoms with Crippen molar-refractivity contribution in [3.05, 3.63) is 81.8 Å². The first kappa shape index (κ1) is 28.5. The minimum absolute atomic E-state index is 0.0219. The second kappa shape index (κ2) is 12.4. The molecule has 3 rings (SSSR count). The number of amides is 2. The van der Waals surface area contributed by atoms with Gasteiger partial charge in [-0.05, 0) is 71.8 Å². The minimum Gasteiger partial charge on any atom is -0.332 e. The van der Waals surface area contributed by atoms with Crippen LogP contribution in [0.1, 0.15) is 36.8 Å². The smallest absolute Gasteiger partial charge is 0.243 e. The predicted octanol–water partition coefficient (Wildman–Crippen LogP) is 5.03. The van der Waals surface area contributed by atoms with Gasteiger partial charge >= 0.3 is 0 Å². The molecule has 2 amide bonds. The van der Waals surface area contributed by atoms with E-state index in [0.29, 0.717) is 12.2 Å². The van der Waals surface area contributed by atoms with E-state index in [1.165, 1.54) is 59.0 Å². The molecule has 0 bridgehead atoms. The van der Waals surface area contributed by atoms with E-state index in [1.54, 1.807) is 17.0 Å². The Bertz CT molecular complexity index is 1320. The van der Waals surface area contributed by atoms with Crippen LogP contribution in [0.5, 0.6) is 0 Å². The third-order valence-corrected chi connectivity index (χ3v) is 8.47. The van der Waals surface area contributed by atoms with Crippen molar-refractivity contribution in [2.45, 2.75) is 45.7 Å². The zero-order chi connectivity index (χ0) is 27.2. The Kier molecular flexibility index (Phi) is 9.58. The number of carbonyl (C=O) groups excluding carboxylic acids is 2. The maximum Gasteiger partial charge on any atom is 0.243 e. The average molecular weight is 546 g/mol. The number of nitrogens with zero attached hydrogens (tertiary/aromatic N) is 2. The third-order valence-electron chi connectivity index (χ3n) is 5.63. The molecule has 0 aliphatic rings. The molecule has 0 aliphatic heterocycles. The SMILES string of the molecule is CC(=O)Nc1ccc(S(=O)(=O)N(CC(=O)N(Cc2ccc(F)cc2)Cc2sccc2C)CC(C)C)cc1. The Hall–Kier alpha value is -3.08. The summed E-state index contributed by atoms with van der Waals surface area (Å²) in [5, 5.41) is 4.56. The Morgan fingerprint density at radius 1 is 1.00 bits per heavy atom. The molecule has 0 saturated carbocycles. The molecule has 10 heteroatoms. The first-order valence-corrected chi connectivity index (χ1v) is 14.2. The molecule has 1 heterocycles. The molecule has 7 nitrogen and oxygen atoms in total. The highest BCUT2D eigenvalue weighted by atomic mass is 32.2. The number of hydrogen-bond donors (Lipinski definition) is 1. The fourth-order valence-electron chi connectivity index (χ4n) is 3.75. The van der Waals surface area contributed by atoms with Crippen molar-refractivity contribution >= 4 is 38.9 Å². The van der Waals surface area contributed by atoms with Crippen LogP contribution < -0.4 is 5.32 Å². The van der Waals surface area contributed by atoms with E-state index >= 15 is 0 Å². The number of halogens is 1. The van der Waals surface area contributed by atoms with Crippen molar-refractivity contribution in [1.29, 1.82) is 0 Å². The number of benzene rings is 2. The van der Waals surface area contributed by atoms with Gasteiger partial charge in [0.2, 0.25) is 21.8 Å². The number of sulfonamides is 1. The van der Waals surface area contributed by atoms with Crippen molar-refractivity contribution in [2.24, 2.45) is 5.92 Å². The van der Waals surface area contributed by atoms with E-state index in [2.05, 4.69) is 5.32 Å². The summed E-state index contributed by atoms with van der Waals surface area (Å²) >= 11 is 1.53. The normalized spacial score (nSPS) is 11.6. The molecule has 0 unspecified atom stereocenters. The maximum absolute atomic E-state index is 13.6. The molecule has 1 aromatic heterocycles. The summed E-state index contributed by atoms with van der Waals surface area (Å²) in [5.74, 6) is -0.998. The number of aryl methyl sites for hydroxylation is 1. The molecule has 0 radical (unpaired) electrons. The van der Waals surface area contributed by atoms with Gasteiger partial charge in [0.1, 0.15) is 5.82 Å². The van der Waals surface area contributed by atoms with Gasteiger partial charge in [-0.3, -0.25) is 9.59 Å². The topological polar surface area (TPSA) is 86.8 Å². The van der Waals surface area contributed by atoms with Gasteiger partial charge in [-0.2, -0.15) is 4.31 Å². The van der Waals surface area contributed by atoms with E-state index in [1.807, 2.05) is 32.2 Å². The summed E-state index contributed by atoms with van der Waals surface area (Å²) in [7, 11) is -3.99. The number of nitrogens with one attached hydrogen (secondary N) is 1. The lowest BCUT2D eigenvalue weighted by Crippen LogP contribution is -2.43. The molecule has 0 fully saturated rings. The van der Waals surface area contributed by atoms with Crippen LogP contribution in [0.2, 0.25) is 0 Å². The zero-order valence-corrected chi connectivity index (χ0v) is 23.0. The van der Waals surface area contributed by atoms with Crippen LogP contribution in [0, 0.1) is 18.7 Å². The van der Waals surface area contributed by atoms with Gasteiger partial charge in [0.25, 0.3) is 0 Å². The molecule has 37 heavy (non-hydrogen) atoms. The second-order valence-corrected chi connectivity index (χ2v) is 12.2. The molecular formula is C27H32FN3O4S2. The van der Waals surface area contributed by atoms with Crippen molar-refractivity contribution in [2.75, 3.05) is 18.4 Å². The van der Waals surface area contributed by atoms with E-state index in [-0.39, 0.29) is 48.1 Å². The van der Waals surface area contributed by atoms with Crippen molar-refractivity contribution in [1.82, 2.24) is 9.21 Å². The van der Waals surface area contributed by atoms with Gasteiger partial charge in [0.15, 0.2) is 0 Å². The lowest BCUT2D eigenvalue weighted by molar-refractivity contribution is -0.132. The number of carbonyl (C=O) groups is 2. The second-order valence-electron chi connectivity index (χ2n) is 9.30. The summed E-state index contributed by atoms with van der Waals surface area (Å²) in [6.45, 7) is 7.47. The van der Waals surface area contributed by atoms with Crippen LogP contribution >= 0.6 is 11.3 Å². The molecule has 3 aromatic rings. The Balaban J connectivity index is 1.88. The first-order chi connectivity index (χ1) is 17.5. The van der Waals surface area contributed by atoms with Crippen LogP contribution in [0.25, 0.3) is 0 Å². The third kappa shape index (κ3) is 7.95. The largest absolute Gasteiger partial charge is 0.332 e. The maximum atomic E-state index is 13.6. The quantitative estimate of drug-likeness (QED) is 0.366. The van der Waals surface area contributed by atoms with Gasteiger partial charge < -0.3 is 10.2 Å². The first-order valence-electron chi connectivity index (χ1n) is 11.9. The van der Waals surface area contributed by atoms with Crippen LogP contribution in [0.4, 0.5) is 10.1 Å². The molecular weight excluding hydrogens is 513 g/mol. The molecule has 0 atom stereocenters. The minimum atomic E-state index is -3.99. The monoisotopic (exact) mass is 545 g/mol. The van der Waals surface area contributed by atoms with Crippen molar-refractivity contribution in [3.63, 3.8) is 0 Å². The summed E-state index contributed by atoms with van der Waals surface area (Å²) in [5.41, 5.74) is 2.28. The van der Waals surface area contributed by atoms with E-state index in [4.69, 9.17) is 0 Å². The Morgan fingerprint density at radius 2 is 1.65 bits per heavy atom. The van der Waals surface area contributed by atoms with E-state index < -0.39 is 10.0 Å². The van der Waals surface area contributed by atoms with E-state index in [0.717, 1.165) is 16.0 Å². The van der Waals surface area contributed by atoms with Crippen LogP contribution in [-0.2, 0) is 32.7 Å². The fourth-order valence-corrected chi connectivity index (χ4v) is 6.22. The Morgan fingerprint density at radius 3 is 2.19 bits per heavy atom. The summed E-state index contributed by atoms with van der Waals surface area (Å²) in [6, 6.07) is 13.8. The van der Waals surface area contributed by atoms with Gasteiger partial charge in [-0.25, -0.2) is 12.8 Å². The fraction of sp³-hybridized carbons (Fsp3) is 0.333. The van der Waals surface area contributed by atoms with Crippen LogP contribution in [0.3, 0.4) is 0 Å². The molecule has 0 saturated heterocycles. The highest BCUT2D eigenvalue weighted by molar-refractivity contribution is 7.89. The predicted molar refractivity (Wildman–Crippen MR) is 144 cm³/mol. The van der Waals surface area contributed by atoms with Crippen LogP contribution in [-0.4, -0.2) is 42.5 Å². The average Bonchev–Trinajstić information content (AvgIpc) is 3.23. The lowest BCUT2D eigenvalue weighted by atomic mass is 10.2. The molecule has 0 spiro atoms. The van der Waals surface area contributed by atoms with Gasteiger partial charge in [0.05, 0.1) is 18.0 Å². The number of rotatable bonds is 11. The van der Waals surface area contributed by atoms with Crippen molar-refractivity contribution in [3.8, 4) is 0 Å². The zero-order valence-electron chi connectivity index (χ0n) is 21.4. The number of anilines is 1. The lowest BCUT2D eigenvalue weighted by Gasteiger charge is -2.28. The molecule has 198 valence electrons. The Labute approximate surface area is 222 Å². The van der Waals surface area contributed by atoms with Gasteiger partial charge in [0, 0.05) is 30.6 Å².